The number of nitrogens with one attached hydrogen (secondary N) is 4. The fourth-order valence-electron chi connectivity index (χ4n) is 7.91. The van der Waals surface area contributed by atoms with Crippen LogP contribution in [0.5, 0.6) is 0 Å². The highest BCUT2D eigenvalue weighted by molar-refractivity contribution is 5.97. The first kappa shape index (κ1) is 51.5. The molecule has 0 aromatic heterocycles. The Kier molecular flexibility index (Phi) is 18.5. The molecule has 4 rings (SSSR count). The van der Waals surface area contributed by atoms with Crippen LogP contribution in [0, 0.1) is 5.92 Å². The maximum absolute atomic E-state index is 14.1. The van der Waals surface area contributed by atoms with Crippen LogP contribution in [0.1, 0.15) is 60.3 Å². The number of hydrogen-bond acceptors (Lipinski definition) is 18. The van der Waals surface area contributed by atoms with Crippen molar-refractivity contribution in [3.05, 3.63) is 0 Å². The van der Waals surface area contributed by atoms with Gasteiger partial charge in [0.1, 0.15) is 79.0 Å². The van der Waals surface area contributed by atoms with Gasteiger partial charge in [0.2, 0.25) is 41.4 Å². The van der Waals surface area contributed by atoms with Crippen molar-refractivity contribution in [1.82, 2.24) is 31.1 Å². The van der Waals surface area contributed by atoms with E-state index in [0.717, 1.165) is 6.92 Å². The Morgan fingerprint density at radius 2 is 1.32 bits per heavy atom. The van der Waals surface area contributed by atoms with E-state index in [1.54, 1.807) is 0 Å². The average Bonchev–Trinajstić information content (AvgIpc) is 3.95. The lowest BCUT2D eigenvalue weighted by Crippen LogP contribution is -2.69. The predicted octanol–water partition coefficient (Wildman–Crippen LogP) is -7.25. The largest absolute Gasteiger partial charge is 0.396 e. The summed E-state index contributed by atoms with van der Waals surface area (Å²) in [5.74, 6) is -6.05. The third-order valence-corrected chi connectivity index (χ3v) is 11.7. The van der Waals surface area contributed by atoms with Gasteiger partial charge in [-0.2, -0.15) is 0 Å². The zero-order chi connectivity index (χ0) is 47.0. The number of carbonyl (C=O) groups excluding carboxylic acids is 7. The number of aliphatic hydroxyl groups is 7. The number of nitrogens with two attached hydrogens (primary N) is 1. The number of nitrogens with zero attached hydrogens (tertiary/aromatic N) is 2. The minimum absolute atomic E-state index is 0.139. The molecule has 11 unspecified atom stereocenters. The minimum Gasteiger partial charge on any atom is -0.396 e. The SMILES string of the molecule is CC(=O)NC1[C@H](OC(C)C(NC(=O)C(C)CO)C(=O)NC(C)C(=O)N2CCCC2C(=O)N2CCCC2C(=O)NC(C)C(N)=O)OC(CO)[C@H](O)[C@@H]1O[C@@H]1OC(CO)[C@H](O)[C@H](O)C1O. The zero-order valence-electron chi connectivity index (χ0n) is 35.8. The quantitative estimate of drug-likeness (QED) is 0.0608. The molecule has 4 aliphatic heterocycles. The molecule has 4 fully saturated rings. The molecule has 63 heavy (non-hydrogen) atoms. The summed E-state index contributed by atoms with van der Waals surface area (Å²) >= 11 is 0. The van der Waals surface area contributed by atoms with Gasteiger partial charge in [-0.1, -0.05) is 6.92 Å². The number of aliphatic hydroxyl groups excluding tert-OH is 7. The number of carbonyl (C=O) groups is 7. The summed E-state index contributed by atoms with van der Waals surface area (Å²) in [6.07, 6.45) is -15.5. The molecule has 17 atom stereocenters. The van der Waals surface area contributed by atoms with Crippen molar-refractivity contribution in [3.8, 4) is 0 Å². The fraction of sp³-hybridized carbons (Fsp3) is 0.816. The zero-order valence-corrected chi connectivity index (χ0v) is 35.8. The predicted molar refractivity (Wildman–Crippen MR) is 211 cm³/mol. The normalized spacial score (nSPS) is 33.3. The van der Waals surface area contributed by atoms with Crippen molar-refractivity contribution < 1.29 is 88.3 Å². The summed E-state index contributed by atoms with van der Waals surface area (Å²) < 4.78 is 23.2. The standard InChI is InChI=1S/C38H63N7O18/c1-15(12-46)32(55)43-24(34(57)41-17(3)35(58)45-11-7-9-21(45)36(59)44-10-6-8-20(44)33(56)40-16(2)31(39)54)18(4)60-37-25(42-19(5)49)30(27(51)23(14-48)61-37)63-38-29(53)28(52)26(50)22(13-47)62-38/h15-18,20-30,37-38,46-48,50-53H,6-14H2,1-5H3,(H2,39,54)(H,40,56)(H,41,57)(H,42,49)(H,43,55)/t15?,16?,17?,18?,20?,21?,22?,23?,24?,25?,26-,27-,28-,29?,30+,37+,38-/m0/s1. The molecular weight excluding hydrogens is 842 g/mol. The first-order valence-corrected chi connectivity index (χ1v) is 20.9. The van der Waals surface area contributed by atoms with E-state index in [2.05, 4.69) is 21.3 Å². The number of amides is 7. The van der Waals surface area contributed by atoms with Crippen molar-refractivity contribution in [1.29, 1.82) is 0 Å². The van der Waals surface area contributed by atoms with Crippen molar-refractivity contribution in [2.75, 3.05) is 32.9 Å². The molecule has 0 spiro atoms. The highest BCUT2D eigenvalue weighted by Crippen LogP contribution is 2.31. The van der Waals surface area contributed by atoms with Gasteiger partial charge in [0.25, 0.3) is 0 Å². The molecular formula is C38H63N7O18. The van der Waals surface area contributed by atoms with E-state index in [1.807, 2.05) is 0 Å². The maximum Gasteiger partial charge on any atom is 0.246 e. The van der Waals surface area contributed by atoms with E-state index >= 15 is 0 Å². The Morgan fingerprint density at radius 1 is 0.730 bits per heavy atom. The van der Waals surface area contributed by atoms with Crippen LogP contribution in [0.3, 0.4) is 0 Å². The molecule has 4 aliphatic rings. The van der Waals surface area contributed by atoms with E-state index < -0.39 is 165 Å². The molecule has 7 amide bonds. The van der Waals surface area contributed by atoms with Crippen LogP contribution < -0.4 is 27.0 Å². The van der Waals surface area contributed by atoms with E-state index in [4.69, 9.17) is 24.7 Å². The van der Waals surface area contributed by atoms with E-state index in [9.17, 15) is 69.3 Å². The lowest BCUT2D eigenvalue weighted by atomic mass is 9.95. The number of primary amides is 1. The molecule has 0 radical (unpaired) electrons. The molecule has 4 heterocycles. The van der Waals surface area contributed by atoms with Crippen LogP contribution in [0.15, 0.2) is 0 Å². The molecule has 0 saturated carbocycles. The Balaban J connectivity index is 1.54. The number of rotatable bonds is 18. The summed E-state index contributed by atoms with van der Waals surface area (Å²) in [4.78, 5) is 94.7. The lowest BCUT2D eigenvalue weighted by molar-refractivity contribution is -0.347. The second-order valence-electron chi connectivity index (χ2n) is 16.4. The molecule has 358 valence electrons. The third-order valence-electron chi connectivity index (χ3n) is 11.7. The van der Waals surface area contributed by atoms with Crippen molar-refractivity contribution in [2.45, 2.75) is 158 Å². The lowest BCUT2D eigenvalue weighted by Gasteiger charge is -2.48. The van der Waals surface area contributed by atoms with Gasteiger partial charge in [0.15, 0.2) is 12.6 Å². The van der Waals surface area contributed by atoms with Gasteiger partial charge in [-0.25, -0.2) is 0 Å². The van der Waals surface area contributed by atoms with Crippen LogP contribution in [-0.2, 0) is 52.5 Å². The first-order chi connectivity index (χ1) is 29.7. The molecule has 13 N–H and O–H groups in total. The monoisotopic (exact) mass is 905 g/mol. The Hall–Kier alpha value is -4.15. The number of ether oxygens (including phenoxy) is 4. The highest BCUT2D eigenvalue weighted by Gasteiger charge is 2.53. The summed E-state index contributed by atoms with van der Waals surface area (Å²) in [5.41, 5.74) is 5.28. The van der Waals surface area contributed by atoms with Crippen LogP contribution in [0.25, 0.3) is 0 Å². The van der Waals surface area contributed by atoms with Gasteiger partial charge in [0, 0.05) is 20.0 Å². The van der Waals surface area contributed by atoms with Crippen LogP contribution in [0.4, 0.5) is 0 Å². The first-order valence-electron chi connectivity index (χ1n) is 20.9. The topological polar surface area (TPSA) is 379 Å². The molecule has 25 nitrogen and oxygen atoms in total. The molecule has 0 aromatic carbocycles. The van der Waals surface area contributed by atoms with Gasteiger partial charge in [0.05, 0.1) is 31.8 Å². The van der Waals surface area contributed by atoms with Crippen molar-refractivity contribution in [2.24, 2.45) is 11.7 Å². The molecule has 0 aromatic rings. The second kappa shape index (κ2) is 22.7. The van der Waals surface area contributed by atoms with Crippen molar-refractivity contribution in [3.63, 3.8) is 0 Å². The minimum atomic E-state index is -1.95. The summed E-state index contributed by atoms with van der Waals surface area (Å²) in [5, 5.41) is 82.0. The molecule has 25 heteroatoms. The number of hydrogen-bond donors (Lipinski definition) is 12. The van der Waals surface area contributed by atoms with Gasteiger partial charge in [-0.15, -0.1) is 0 Å². The summed E-state index contributed by atoms with van der Waals surface area (Å²) in [6, 6.07) is -7.38. The maximum atomic E-state index is 14.1. The fourth-order valence-corrected chi connectivity index (χ4v) is 7.91. The Morgan fingerprint density at radius 3 is 1.90 bits per heavy atom. The Labute approximate surface area is 362 Å². The van der Waals surface area contributed by atoms with Crippen molar-refractivity contribution >= 4 is 41.4 Å². The molecule has 0 bridgehead atoms. The van der Waals surface area contributed by atoms with E-state index in [1.165, 1.54) is 37.5 Å². The van der Waals surface area contributed by atoms with Crippen LogP contribution in [0.2, 0.25) is 0 Å². The molecule has 0 aliphatic carbocycles. The van der Waals surface area contributed by atoms with Gasteiger partial charge < -0.3 is 91.5 Å². The van der Waals surface area contributed by atoms with E-state index in [-0.39, 0.29) is 19.5 Å². The van der Waals surface area contributed by atoms with Gasteiger partial charge in [-0.3, -0.25) is 33.6 Å². The summed E-state index contributed by atoms with van der Waals surface area (Å²) in [6.45, 7) is 4.58. The Bertz CT molecular complexity index is 1640. The highest BCUT2D eigenvalue weighted by atomic mass is 16.7. The average molecular weight is 906 g/mol. The van der Waals surface area contributed by atoms with Crippen LogP contribution in [-0.4, -0.2) is 217 Å². The van der Waals surface area contributed by atoms with E-state index in [0.29, 0.717) is 19.3 Å². The van der Waals surface area contributed by atoms with Gasteiger partial charge in [-0.05, 0) is 46.5 Å². The third kappa shape index (κ3) is 12.2. The smallest absolute Gasteiger partial charge is 0.246 e. The molecule has 4 saturated heterocycles. The second-order valence-corrected chi connectivity index (χ2v) is 16.4. The summed E-state index contributed by atoms with van der Waals surface area (Å²) in [7, 11) is 0. The van der Waals surface area contributed by atoms with Gasteiger partial charge >= 0.3 is 0 Å². The number of likely N-dealkylation sites (tertiary alicyclic amines) is 2. The van der Waals surface area contributed by atoms with Crippen LogP contribution >= 0.6 is 0 Å².